The number of hydrogen-bond acceptors (Lipinski definition) is 9. The third kappa shape index (κ3) is 19.1. The largest absolute Gasteiger partial charge is 0.444 e. The van der Waals surface area contributed by atoms with E-state index < -0.39 is 47.2 Å². The molecule has 0 heterocycles. The highest BCUT2D eigenvalue weighted by Gasteiger charge is 2.25. The van der Waals surface area contributed by atoms with Gasteiger partial charge in [0.25, 0.3) is 0 Å². The zero-order valence-electron chi connectivity index (χ0n) is 38.7. The van der Waals surface area contributed by atoms with E-state index in [2.05, 4.69) is 50.5 Å². The number of guanidine groups is 1. The van der Waals surface area contributed by atoms with Crippen LogP contribution in [0.2, 0.25) is 0 Å². The van der Waals surface area contributed by atoms with E-state index in [1.807, 2.05) is 81.4 Å². The predicted octanol–water partition coefficient (Wildman–Crippen LogP) is 8.02. The summed E-state index contributed by atoms with van der Waals surface area (Å²) in [7, 11) is 0. The Morgan fingerprint density at radius 1 is 0.683 bits per heavy atom. The van der Waals surface area contributed by atoms with Crippen LogP contribution in [-0.4, -0.2) is 101 Å². The number of ether oxygens (including phenoxy) is 3. The van der Waals surface area contributed by atoms with Crippen LogP contribution < -0.4 is 21.3 Å². The van der Waals surface area contributed by atoms with Crippen LogP contribution in [0, 0.1) is 0 Å². The maximum absolute atomic E-state index is 14.1. The predicted molar refractivity (Wildman–Crippen MR) is 249 cm³/mol. The highest BCUT2D eigenvalue weighted by atomic mass is 16.6. The second kappa shape index (κ2) is 22.6. The van der Waals surface area contributed by atoms with Crippen molar-refractivity contribution in [1.29, 1.82) is 0 Å². The number of aliphatic hydroxyl groups is 1. The molecule has 0 aliphatic heterocycles. The lowest BCUT2D eigenvalue weighted by Gasteiger charge is -2.31. The average Bonchev–Trinajstić information content (AvgIpc) is 3.15. The number of amides is 4. The summed E-state index contributed by atoms with van der Waals surface area (Å²) < 4.78 is 16.4. The lowest BCUT2D eigenvalue weighted by atomic mass is 10.0. The molecule has 0 bridgehead atoms. The molecule has 14 heteroatoms. The number of carbonyl (C=O) groups excluding carboxylic acids is 4. The number of carbonyl (C=O) groups is 4. The summed E-state index contributed by atoms with van der Waals surface area (Å²) >= 11 is 0. The van der Waals surface area contributed by atoms with Crippen molar-refractivity contribution in [3.05, 3.63) is 96.1 Å². The van der Waals surface area contributed by atoms with Gasteiger partial charge in [0.1, 0.15) is 16.8 Å². The normalized spacial score (nSPS) is 13.7. The Balaban J connectivity index is 1.58. The zero-order valence-corrected chi connectivity index (χ0v) is 38.7. The van der Waals surface area contributed by atoms with Crippen LogP contribution in [0.4, 0.5) is 14.4 Å². The molecule has 0 spiro atoms. The molecule has 4 aromatic carbocycles. The molecule has 342 valence electrons. The van der Waals surface area contributed by atoms with Crippen LogP contribution in [-0.2, 0) is 31.8 Å². The number of rotatable bonds is 16. The summed E-state index contributed by atoms with van der Waals surface area (Å²) in [6, 6.07) is 27.5. The first-order chi connectivity index (χ1) is 29.5. The third-order valence-electron chi connectivity index (χ3n) is 9.35. The van der Waals surface area contributed by atoms with E-state index >= 15 is 0 Å². The molecule has 0 aromatic heterocycles. The Morgan fingerprint density at radius 2 is 1.22 bits per heavy atom. The topological polar surface area (TPSA) is 180 Å². The van der Waals surface area contributed by atoms with Crippen LogP contribution in [0.25, 0.3) is 21.5 Å². The maximum atomic E-state index is 14.1. The van der Waals surface area contributed by atoms with Crippen molar-refractivity contribution < 1.29 is 38.5 Å². The Morgan fingerprint density at radius 3 is 1.79 bits per heavy atom. The van der Waals surface area contributed by atoms with Crippen molar-refractivity contribution in [3.8, 4) is 0 Å². The van der Waals surface area contributed by atoms with Gasteiger partial charge in [-0.2, -0.15) is 0 Å². The molecule has 0 radical (unpaired) electrons. The number of fused-ring (bicyclic) bond motifs is 2. The minimum atomic E-state index is -0.894. The number of nitrogens with one attached hydrogen (secondary N) is 4. The fourth-order valence-corrected chi connectivity index (χ4v) is 6.81. The molecule has 3 atom stereocenters. The molecule has 3 unspecified atom stereocenters. The fraction of sp³-hybridized carbons (Fsp3) is 0.490. The van der Waals surface area contributed by atoms with Gasteiger partial charge in [0.05, 0.1) is 12.5 Å². The van der Waals surface area contributed by atoms with Crippen LogP contribution in [0.5, 0.6) is 0 Å². The van der Waals surface area contributed by atoms with Gasteiger partial charge < -0.3 is 40.2 Å². The molecule has 0 fully saturated rings. The molecule has 63 heavy (non-hydrogen) atoms. The van der Waals surface area contributed by atoms with Gasteiger partial charge in [-0.25, -0.2) is 14.4 Å². The van der Waals surface area contributed by atoms with Gasteiger partial charge in [0.2, 0.25) is 11.9 Å². The number of alkyl carbamates (subject to hydrolysis) is 2. The summed E-state index contributed by atoms with van der Waals surface area (Å²) in [5.41, 5.74) is -0.446. The molecule has 0 saturated carbocycles. The lowest BCUT2D eigenvalue weighted by molar-refractivity contribution is -0.132. The molecule has 4 aromatic rings. The van der Waals surface area contributed by atoms with Gasteiger partial charge >= 0.3 is 18.3 Å². The van der Waals surface area contributed by atoms with E-state index in [1.54, 1.807) is 53.4 Å². The number of aliphatic imine (C=N–C) groups is 1. The van der Waals surface area contributed by atoms with Crippen molar-refractivity contribution in [3.63, 3.8) is 0 Å². The second-order valence-corrected chi connectivity index (χ2v) is 19.0. The van der Waals surface area contributed by atoms with Crippen molar-refractivity contribution in [2.24, 2.45) is 4.99 Å². The summed E-state index contributed by atoms with van der Waals surface area (Å²) in [6.45, 7) is 18.3. The van der Waals surface area contributed by atoms with E-state index in [0.29, 0.717) is 25.8 Å². The van der Waals surface area contributed by atoms with Gasteiger partial charge in [-0.15, -0.1) is 4.99 Å². The van der Waals surface area contributed by atoms with E-state index in [0.717, 1.165) is 32.7 Å². The van der Waals surface area contributed by atoms with E-state index in [-0.39, 0.29) is 44.0 Å². The summed E-state index contributed by atoms with van der Waals surface area (Å²) in [5.74, 6) is -0.287. The minimum absolute atomic E-state index is 0.103. The molecule has 0 saturated heterocycles. The van der Waals surface area contributed by atoms with Gasteiger partial charge in [-0.1, -0.05) is 84.9 Å². The number of aliphatic hydroxyl groups excluding tert-OH is 1. The van der Waals surface area contributed by atoms with Crippen molar-refractivity contribution in [2.75, 3.05) is 26.2 Å². The molecule has 0 aliphatic carbocycles. The minimum Gasteiger partial charge on any atom is -0.444 e. The number of nitrogens with zero attached hydrogens (tertiary/aromatic N) is 2. The molecule has 4 amide bonds. The first kappa shape index (κ1) is 49.9. The SMILES string of the molecule is CC(O)CN(CC(CCCN/C(=N/C(=O)OC(C)(C)C)NC(=O)OC(C)(C)C)NCC(Cc1ccc2ccccc2c1)NC(=O)OC(C)(C)C)C(=O)Cc1ccc2ccccc2c1. The standard InChI is InChI=1S/C49H68N6O8/c1-33(56)31-55(42(57)29-35-22-24-37-17-12-14-19-39(37)27-35)32-40(20-15-25-50-43(53-45(59)62-48(5,6)7)54-46(60)63-49(8,9)10)51-30-41(52-44(58)61-47(2,3)4)28-34-21-23-36-16-11-13-18-38(36)26-34/h11-14,16-19,21-24,26-27,33,40-41,51,56H,15,20,25,28-32H2,1-10H3,(H,52,58)(H2,50,53,54,59,60). The fourth-order valence-electron chi connectivity index (χ4n) is 6.81. The third-order valence-corrected chi connectivity index (χ3v) is 9.35. The molecular weight excluding hydrogens is 801 g/mol. The lowest BCUT2D eigenvalue weighted by Crippen LogP contribution is -2.51. The Kier molecular flexibility index (Phi) is 17.9. The van der Waals surface area contributed by atoms with Gasteiger partial charge in [0, 0.05) is 38.3 Å². The van der Waals surface area contributed by atoms with Crippen LogP contribution >= 0.6 is 0 Å². The second-order valence-electron chi connectivity index (χ2n) is 19.0. The van der Waals surface area contributed by atoms with Gasteiger partial charge in [-0.05, 0) is 121 Å². The summed E-state index contributed by atoms with van der Waals surface area (Å²) in [6.07, 6.45) is -1.44. The maximum Gasteiger partial charge on any atom is 0.437 e. The summed E-state index contributed by atoms with van der Waals surface area (Å²) in [5, 5.41) is 27.2. The first-order valence-electron chi connectivity index (χ1n) is 21.7. The van der Waals surface area contributed by atoms with Crippen LogP contribution in [0.15, 0.2) is 89.9 Å². The van der Waals surface area contributed by atoms with Crippen LogP contribution in [0.3, 0.4) is 0 Å². The molecule has 0 aliphatic rings. The highest BCUT2D eigenvalue weighted by molar-refractivity contribution is 5.99. The van der Waals surface area contributed by atoms with Crippen molar-refractivity contribution in [1.82, 2.24) is 26.2 Å². The number of hydrogen-bond donors (Lipinski definition) is 5. The Labute approximate surface area is 372 Å². The monoisotopic (exact) mass is 869 g/mol. The highest BCUT2D eigenvalue weighted by Crippen LogP contribution is 2.19. The zero-order chi connectivity index (χ0) is 46.4. The molecule has 14 nitrogen and oxygen atoms in total. The van der Waals surface area contributed by atoms with Crippen molar-refractivity contribution >= 4 is 51.7 Å². The average molecular weight is 869 g/mol. The Hall–Kier alpha value is -5.73. The van der Waals surface area contributed by atoms with E-state index in [1.165, 1.54) is 0 Å². The molecule has 5 N–H and O–H groups in total. The Bertz CT molecular complexity index is 2190. The molecular formula is C49H68N6O8. The quantitative estimate of drug-likeness (QED) is 0.0320. The smallest absolute Gasteiger partial charge is 0.437 e. The van der Waals surface area contributed by atoms with Crippen LogP contribution in [0.1, 0.15) is 93.2 Å². The number of benzene rings is 4. The van der Waals surface area contributed by atoms with E-state index in [9.17, 15) is 24.3 Å². The van der Waals surface area contributed by atoms with Crippen molar-refractivity contribution in [2.45, 2.75) is 130 Å². The summed E-state index contributed by atoms with van der Waals surface area (Å²) in [4.78, 5) is 58.4. The van der Waals surface area contributed by atoms with Gasteiger partial charge in [0.15, 0.2) is 0 Å². The van der Waals surface area contributed by atoms with E-state index in [4.69, 9.17) is 14.2 Å². The first-order valence-corrected chi connectivity index (χ1v) is 21.7. The van der Waals surface area contributed by atoms with Gasteiger partial charge in [-0.3, -0.25) is 10.1 Å². The molecule has 4 rings (SSSR count).